The van der Waals surface area contributed by atoms with Crippen LogP contribution in [-0.2, 0) is 10.2 Å². The summed E-state index contributed by atoms with van der Waals surface area (Å²) in [6.07, 6.45) is 2.95. The van der Waals surface area contributed by atoms with Crippen LogP contribution < -0.4 is 4.90 Å². The highest BCUT2D eigenvalue weighted by Gasteiger charge is 2.47. The Morgan fingerprint density at radius 2 is 1.97 bits per heavy atom. The Bertz CT molecular complexity index is 1400. The number of thiazole rings is 1. The van der Waals surface area contributed by atoms with E-state index < -0.39 is 23.5 Å². The number of rotatable bonds is 4. The Hall–Kier alpha value is -3.78. The van der Waals surface area contributed by atoms with E-state index in [2.05, 4.69) is 36.8 Å². The number of amides is 1. The van der Waals surface area contributed by atoms with Gasteiger partial charge >= 0.3 is 0 Å². The number of hydrogen-bond donors (Lipinski definition) is 1. The standard InChI is InChI=1S/C25H21N3O4S/c1-25(2,3)14-9-10-15-18(13-14)33-24(27-15)28-20(16-7-4-5-11-26-16)19(22(30)23(28)31)21(29)17-8-6-12-32-17/h4-13,20,30H,1-3H3. The third-order valence-electron chi connectivity index (χ3n) is 5.61. The van der Waals surface area contributed by atoms with Crippen molar-refractivity contribution in [1.82, 2.24) is 9.97 Å². The van der Waals surface area contributed by atoms with Gasteiger partial charge in [0, 0.05) is 6.20 Å². The normalized spacial score (nSPS) is 16.8. The quantitative estimate of drug-likeness (QED) is 0.413. The van der Waals surface area contributed by atoms with Crippen LogP contribution in [0.2, 0.25) is 0 Å². The second-order valence-corrected chi connectivity index (χ2v) is 9.84. The Morgan fingerprint density at radius 3 is 2.64 bits per heavy atom. The molecule has 0 fully saturated rings. The van der Waals surface area contributed by atoms with Crippen molar-refractivity contribution >= 4 is 38.4 Å². The third kappa shape index (κ3) is 3.52. The number of pyridine rings is 1. The minimum absolute atomic E-state index is 0.0336. The lowest BCUT2D eigenvalue weighted by Gasteiger charge is -2.23. The molecule has 8 heteroatoms. The molecule has 0 saturated carbocycles. The number of anilines is 1. The van der Waals surface area contributed by atoms with Crippen molar-refractivity contribution in [2.24, 2.45) is 0 Å². The summed E-state index contributed by atoms with van der Waals surface area (Å²) in [5, 5.41) is 11.2. The zero-order valence-electron chi connectivity index (χ0n) is 18.3. The molecular weight excluding hydrogens is 438 g/mol. The van der Waals surface area contributed by atoms with Gasteiger partial charge in [0.2, 0.25) is 5.78 Å². The topological polar surface area (TPSA) is 96.5 Å². The molecule has 7 nitrogen and oxygen atoms in total. The van der Waals surface area contributed by atoms with Crippen molar-refractivity contribution in [2.45, 2.75) is 32.2 Å². The SMILES string of the molecule is CC(C)(C)c1ccc2nc(N3C(=O)C(O)=C(C(=O)c4ccco4)C3c3ccccn3)sc2c1. The summed E-state index contributed by atoms with van der Waals surface area (Å²) in [4.78, 5) is 36.8. The Balaban J connectivity index is 1.65. The van der Waals surface area contributed by atoms with Crippen molar-refractivity contribution < 1.29 is 19.1 Å². The van der Waals surface area contributed by atoms with Crippen LogP contribution in [0.25, 0.3) is 10.2 Å². The summed E-state index contributed by atoms with van der Waals surface area (Å²) in [6, 6.07) is 13.4. The average molecular weight is 460 g/mol. The fraction of sp³-hybridized carbons (Fsp3) is 0.200. The molecule has 1 aliphatic heterocycles. The zero-order chi connectivity index (χ0) is 23.3. The van der Waals surface area contributed by atoms with Crippen LogP contribution in [0.15, 0.2) is 76.7 Å². The number of carbonyl (C=O) groups excluding carboxylic acids is 2. The van der Waals surface area contributed by atoms with Gasteiger partial charge in [-0.3, -0.25) is 19.5 Å². The van der Waals surface area contributed by atoms with Gasteiger partial charge < -0.3 is 9.52 Å². The molecule has 33 heavy (non-hydrogen) atoms. The molecule has 1 amide bonds. The molecule has 0 saturated heterocycles. The van der Waals surface area contributed by atoms with Crippen molar-refractivity contribution in [3.63, 3.8) is 0 Å². The van der Waals surface area contributed by atoms with E-state index in [0.717, 1.165) is 15.8 Å². The molecule has 1 aromatic carbocycles. The molecular formula is C25H21N3O4S. The van der Waals surface area contributed by atoms with Crippen LogP contribution in [0.5, 0.6) is 0 Å². The van der Waals surface area contributed by atoms with Crippen LogP contribution in [0.3, 0.4) is 0 Å². The van der Waals surface area contributed by atoms with Crippen LogP contribution in [0.4, 0.5) is 5.13 Å². The van der Waals surface area contributed by atoms with Crippen molar-refractivity contribution in [1.29, 1.82) is 0 Å². The number of benzene rings is 1. The second-order valence-electron chi connectivity index (χ2n) is 8.83. The summed E-state index contributed by atoms with van der Waals surface area (Å²) >= 11 is 1.33. The number of aromatic nitrogens is 2. The summed E-state index contributed by atoms with van der Waals surface area (Å²) < 4.78 is 6.16. The summed E-state index contributed by atoms with van der Waals surface area (Å²) in [6.45, 7) is 6.39. The average Bonchev–Trinajstić information content (AvgIpc) is 3.52. The zero-order valence-corrected chi connectivity index (χ0v) is 19.1. The lowest BCUT2D eigenvalue weighted by Crippen LogP contribution is -2.31. The predicted molar refractivity (Wildman–Crippen MR) is 125 cm³/mol. The summed E-state index contributed by atoms with van der Waals surface area (Å²) in [7, 11) is 0. The van der Waals surface area contributed by atoms with E-state index in [0.29, 0.717) is 10.8 Å². The molecule has 0 aliphatic carbocycles. The Morgan fingerprint density at radius 1 is 1.15 bits per heavy atom. The van der Waals surface area contributed by atoms with Gasteiger partial charge in [0.15, 0.2) is 16.7 Å². The molecule has 0 bridgehead atoms. The smallest absolute Gasteiger partial charge is 0.296 e. The summed E-state index contributed by atoms with van der Waals surface area (Å²) in [5.41, 5.74) is 2.21. The van der Waals surface area contributed by atoms with Crippen LogP contribution in [0, 0.1) is 0 Å². The highest BCUT2D eigenvalue weighted by molar-refractivity contribution is 7.22. The molecule has 5 rings (SSSR count). The molecule has 3 aromatic heterocycles. The molecule has 4 aromatic rings. The Labute approximate surface area is 194 Å². The molecule has 4 heterocycles. The molecule has 1 atom stereocenters. The van der Waals surface area contributed by atoms with Gasteiger partial charge in [-0.2, -0.15) is 0 Å². The predicted octanol–water partition coefficient (Wildman–Crippen LogP) is 5.36. The number of ketones is 1. The number of furan rings is 1. The maximum absolute atomic E-state index is 13.3. The number of aliphatic hydroxyl groups is 1. The minimum Gasteiger partial charge on any atom is -0.503 e. The fourth-order valence-electron chi connectivity index (χ4n) is 3.87. The van der Waals surface area contributed by atoms with E-state index in [1.54, 1.807) is 30.5 Å². The van der Waals surface area contributed by atoms with Crippen molar-refractivity contribution in [3.8, 4) is 0 Å². The number of nitrogens with zero attached hydrogens (tertiary/aromatic N) is 3. The second kappa shape index (κ2) is 7.67. The fourth-order valence-corrected chi connectivity index (χ4v) is 4.91. The van der Waals surface area contributed by atoms with E-state index in [-0.39, 0.29) is 16.7 Å². The monoisotopic (exact) mass is 459 g/mol. The van der Waals surface area contributed by atoms with Gasteiger partial charge in [0.05, 0.1) is 27.7 Å². The number of hydrogen-bond acceptors (Lipinski definition) is 7. The number of fused-ring (bicyclic) bond motifs is 1. The number of carbonyl (C=O) groups is 2. The molecule has 166 valence electrons. The van der Waals surface area contributed by atoms with E-state index in [1.807, 2.05) is 12.1 Å². The van der Waals surface area contributed by atoms with Crippen molar-refractivity contribution in [3.05, 3.63) is 89.3 Å². The maximum atomic E-state index is 13.3. The van der Waals surface area contributed by atoms with Crippen LogP contribution in [0.1, 0.15) is 48.6 Å². The van der Waals surface area contributed by atoms with Gasteiger partial charge in [-0.25, -0.2) is 4.98 Å². The Kier molecular flexibility index (Phi) is 4.90. The van der Waals surface area contributed by atoms with Gasteiger partial charge in [0.1, 0.15) is 6.04 Å². The van der Waals surface area contributed by atoms with E-state index >= 15 is 0 Å². The molecule has 1 unspecified atom stereocenters. The first-order valence-electron chi connectivity index (χ1n) is 10.4. The van der Waals surface area contributed by atoms with Crippen LogP contribution in [-0.4, -0.2) is 26.8 Å². The first-order valence-corrected chi connectivity index (χ1v) is 11.2. The highest BCUT2D eigenvalue weighted by atomic mass is 32.1. The van der Waals surface area contributed by atoms with Gasteiger partial charge in [-0.15, -0.1) is 0 Å². The maximum Gasteiger partial charge on any atom is 0.296 e. The summed E-state index contributed by atoms with van der Waals surface area (Å²) in [5.74, 6) is -1.86. The molecule has 0 radical (unpaired) electrons. The number of aliphatic hydroxyl groups excluding tert-OH is 1. The van der Waals surface area contributed by atoms with Crippen LogP contribution >= 0.6 is 11.3 Å². The highest BCUT2D eigenvalue weighted by Crippen LogP contribution is 2.44. The molecule has 1 N–H and O–H groups in total. The van der Waals surface area contributed by atoms with Gasteiger partial charge in [-0.05, 0) is 47.4 Å². The largest absolute Gasteiger partial charge is 0.503 e. The van der Waals surface area contributed by atoms with Gasteiger partial charge in [0.25, 0.3) is 5.91 Å². The first kappa shape index (κ1) is 21.1. The minimum atomic E-state index is -0.932. The van der Waals surface area contributed by atoms with Crippen molar-refractivity contribution in [2.75, 3.05) is 4.90 Å². The van der Waals surface area contributed by atoms with E-state index in [4.69, 9.17) is 4.42 Å². The van der Waals surface area contributed by atoms with E-state index in [1.165, 1.54) is 28.6 Å². The van der Waals surface area contributed by atoms with E-state index in [9.17, 15) is 14.7 Å². The lowest BCUT2D eigenvalue weighted by atomic mass is 9.87. The molecule has 0 spiro atoms. The molecule has 1 aliphatic rings. The lowest BCUT2D eigenvalue weighted by molar-refractivity contribution is -0.117. The van der Waals surface area contributed by atoms with Gasteiger partial charge in [-0.1, -0.05) is 44.2 Å². The number of Topliss-reactive ketones (excluding diaryl/α,β-unsaturated/α-hetero) is 1. The third-order valence-corrected chi connectivity index (χ3v) is 6.63. The first-order chi connectivity index (χ1) is 15.8.